The second-order valence-electron chi connectivity index (χ2n) is 5.48. The topological polar surface area (TPSA) is 61.2 Å². The summed E-state index contributed by atoms with van der Waals surface area (Å²) < 4.78 is 32.4. The number of aryl methyl sites for hydroxylation is 1. The lowest BCUT2D eigenvalue weighted by Gasteiger charge is -2.07. The van der Waals surface area contributed by atoms with Gasteiger partial charge in [0.05, 0.1) is 10.6 Å². The Morgan fingerprint density at radius 3 is 2.33 bits per heavy atom. The molecule has 0 saturated carbocycles. The molecule has 0 saturated heterocycles. The van der Waals surface area contributed by atoms with Crippen LogP contribution in [0.4, 0.5) is 0 Å². The SMILES string of the molecule is COCn1cc(-c2ccc(C)cc2)nc1S(=O)(=O)c1ccccc1. The zero-order valence-electron chi connectivity index (χ0n) is 13.5. The number of methoxy groups -OCH3 is 1. The van der Waals surface area contributed by atoms with Gasteiger partial charge in [0, 0.05) is 18.9 Å². The number of nitrogens with zero attached hydrogens (tertiary/aromatic N) is 2. The highest BCUT2D eigenvalue weighted by molar-refractivity contribution is 7.91. The highest BCUT2D eigenvalue weighted by atomic mass is 32.2. The lowest BCUT2D eigenvalue weighted by Crippen LogP contribution is -2.11. The molecule has 0 unspecified atom stereocenters. The fraction of sp³-hybridized carbons (Fsp3) is 0.167. The zero-order valence-corrected chi connectivity index (χ0v) is 14.3. The van der Waals surface area contributed by atoms with Crippen molar-refractivity contribution in [2.75, 3.05) is 7.11 Å². The third-order valence-corrected chi connectivity index (χ3v) is 5.35. The van der Waals surface area contributed by atoms with Gasteiger partial charge < -0.3 is 4.74 Å². The first-order valence-electron chi connectivity index (χ1n) is 7.45. The lowest BCUT2D eigenvalue weighted by molar-refractivity contribution is 0.123. The Bertz CT molecular complexity index is 930. The molecule has 1 aromatic heterocycles. The van der Waals surface area contributed by atoms with E-state index < -0.39 is 9.84 Å². The van der Waals surface area contributed by atoms with Crippen LogP contribution in [0, 0.1) is 6.92 Å². The third-order valence-electron chi connectivity index (χ3n) is 3.65. The van der Waals surface area contributed by atoms with Crippen LogP contribution in [0.15, 0.2) is 70.8 Å². The number of hydrogen-bond donors (Lipinski definition) is 0. The molecule has 3 aromatic rings. The average Bonchev–Trinajstić information content (AvgIpc) is 3.01. The van der Waals surface area contributed by atoms with Crippen molar-refractivity contribution in [1.82, 2.24) is 9.55 Å². The first-order chi connectivity index (χ1) is 11.5. The van der Waals surface area contributed by atoms with Crippen LogP contribution in [0.2, 0.25) is 0 Å². The molecule has 3 rings (SSSR count). The number of imidazole rings is 1. The summed E-state index contributed by atoms with van der Waals surface area (Å²) in [5, 5.41) is -0.0221. The van der Waals surface area contributed by atoms with E-state index in [4.69, 9.17) is 4.74 Å². The van der Waals surface area contributed by atoms with Gasteiger partial charge in [0.2, 0.25) is 15.0 Å². The summed E-state index contributed by atoms with van der Waals surface area (Å²) in [6.07, 6.45) is 1.70. The molecule has 0 aliphatic heterocycles. The van der Waals surface area contributed by atoms with Gasteiger partial charge in [-0.15, -0.1) is 0 Å². The van der Waals surface area contributed by atoms with Crippen LogP contribution in [0.3, 0.4) is 0 Å². The van der Waals surface area contributed by atoms with Gasteiger partial charge in [0.25, 0.3) is 0 Å². The van der Waals surface area contributed by atoms with Crippen LogP contribution in [0.5, 0.6) is 0 Å². The largest absolute Gasteiger partial charge is 0.364 e. The molecular weight excluding hydrogens is 324 g/mol. The summed E-state index contributed by atoms with van der Waals surface area (Å²) in [4.78, 5) is 4.58. The minimum absolute atomic E-state index is 0.0221. The smallest absolute Gasteiger partial charge is 0.240 e. The second-order valence-corrected chi connectivity index (χ2v) is 7.32. The lowest BCUT2D eigenvalue weighted by atomic mass is 10.1. The van der Waals surface area contributed by atoms with E-state index in [0.29, 0.717) is 5.69 Å². The fourth-order valence-corrected chi connectivity index (χ4v) is 3.77. The maximum Gasteiger partial charge on any atom is 0.240 e. The summed E-state index contributed by atoms with van der Waals surface area (Å²) in [6, 6.07) is 16.1. The number of rotatable bonds is 5. The van der Waals surface area contributed by atoms with Crippen LogP contribution in [0.25, 0.3) is 11.3 Å². The van der Waals surface area contributed by atoms with E-state index in [-0.39, 0.29) is 16.8 Å². The van der Waals surface area contributed by atoms with Crippen LogP contribution in [-0.4, -0.2) is 25.1 Å². The minimum atomic E-state index is -3.72. The molecule has 1 heterocycles. The molecular formula is C18H18N2O3S. The molecule has 0 bridgehead atoms. The molecule has 2 aromatic carbocycles. The van der Waals surface area contributed by atoms with Crippen molar-refractivity contribution in [3.8, 4) is 11.3 Å². The monoisotopic (exact) mass is 342 g/mol. The van der Waals surface area contributed by atoms with Gasteiger partial charge in [-0.2, -0.15) is 0 Å². The second kappa shape index (κ2) is 6.59. The van der Waals surface area contributed by atoms with Crippen LogP contribution < -0.4 is 0 Å². The first-order valence-corrected chi connectivity index (χ1v) is 8.94. The Hall–Kier alpha value is -2.44. The average molecular weight is 342 g/mol. The van der Waals surface area contributed by atoms with Crippen LogP contribution in [-0.2, 0) is 21.3 Å². The molecule has 6 heteroatoms. The van der Waals surface area contributed by atoms with E-state index in [1.165, 1.54) is 11.7 Å². The molecule has 0 amide bonds. The van der Waals surface area contributed by atoms with Crippen molar-refractivity contribution < 1.29 is 13.2 Å². The van der Waals surface area contributed by atoms with Gasteiger partial charge in [-0.3, -0.25) is 4.57 Å². The molecule has 0 spiro atoms. The van der Waals surface area contributed by atoms with Crippen molar-refractivity contribution in [3.05, 3.63) is 66.4 Å². The molecule has 0 radical (unpaired) electrons. The predicted octanol–water partition coefficient (Wildman–Crippen LogP) is 3.30. The molecule has 0 aliphatic carbocycles. The number of hydrogen-bond acceptors (Lipinski definition) is 4. The minimum Gasteiger partial charge on any atom is -0.364 e. The quantitative estimate of drug-likeness (QED) is 0.714. The first kappa shape index (κ1) is 16.4. The Morgan fingerprint density at radius 1 is 1.04 bits per heavy atom. The van der Waals surface area contributed by atoms with Gasteiger partial charge in [-0.25, -0.2) is 13.4 Å². The van der Waals surface area contributed by atoms with Crippen molar-refractivity contribution in [2.24, 2.45) is 0 Å². The number of ether oxygens (including phenoxy) is 1. The molecule has 5 nitrogen and oxygen atoms in total. The Labute approximate surface area is 141 Å². The zero-order chi connectivity index (χ0) is 17.2. The molecule has 0 atom stereocenters. The van der Waals surface area contributed by atoms with E-state index in [2.05, 4.69) is 4.98 Å². The summed E-state index contributed by atoms with van der Waals surface area (Å²) >= 11 is 0. The van der Waals surface area contributed by atoms with Gasteiger partial charge in [-0.1, -0.05) is 48.0 Å². The Kier molecular flexibility index (Phi) is 4.51. The summed E-state index contributed by atoms with van der Waals surface area (Å²) in [5.41, 5.74) is 2.59. The molecule has 0 aliphatic rings. The van der Waals surface area contributed by atoms with Crippen LogP contribution >= 0.6 is 0 Å². The Morgan fingerprint density at radius 2 is 1.71 bits per heavy atom. The van der Waals surface area contributed by atoms with Crippen molar-refractivity contribution in [2.45, 2.75) is 23.7 Å². The normalized spacial score (nSPS) is 11.6. The predicted molar refractivity (Wildman–Crippen MR) is 91.3 cm³/mol. The summed E-state index contributed by atoms with van der Waals surface area (Å²) in [6.45, 7) is 2.11. The van der Waals surface area contributed by atoms with Gasteiger partial charge in [0.15, 0.2) is 0 Å². The maximum absolute atomic E-state index is 12.9. The van der Waals surface area contributed by atoms with E-state index >= 15 is 0 Å². The van der Waals surface area contributed by atoms with Gasteiger partial charge in [0.1, 0.15) is 6.73 Å². The van der Waals surface area contributed by atoms with Crippen molar-refractivity contribution in [3.63, 3.8) is 0 Å². The van der Waals surface area contributed by atoms with E-state index in [1.54, 1.807) is 36.5 Å². The number of sulfone groups is 1. The van der Waals surface area contributed by atoms with E-state index in [0.717, 1.165) is 11.1 Å². The Balaban J connectivity index is 2.12. The molecule has 124 valence electrons. The third kappa shape index (κ3) is 3.11. The highest BCUT2D eigenvalue weighted by Crippen LogP contribution is 2.25. The number of aromatic nitrogens is 2. The number of benzene rings is 2. The molecule has 0 N–H and O–H groups in total. The standard InChI is InChI=1S/C18H18N2O3S/c1-14-8-10-15(11-9-14)17-12-20(13-23-2)18(19-17)24(21,22)16-6-4-3-5-7-16/h3-12H,13H2,1-2H3. The van der Waals surface area contributed by atoms with Gasteiger partial charge >= 0.3 is 0 Å². The summed E-state index contributed by atoms with van der Waals surface area (Å²) in [7, 11) is -2.20. The van der Waals surface area contributed by atoms with Crippen molar-refractivity contribution in [1.29, 1.82) is 0 Å². The summed E-state index contributed by atoms with van der Waals surface area (Å²) in [5.74, 6) is 0. The molecule has 0 fully saturated rings. The van der Waals surface area contributed by atoms with Crippen LogP contribution in [0.1, 0.15) is 5.56 Å². The van der Waals surface area contributed by atoms with E-state index in [9.17, 15) is 8.42 Å². The van der Waals surface area contributed by atoms with E-state index in [1.807, 2.05) is 31.2 Å². The fourth-order valence-electron chi connectivity index (χ4n) is 2.41. The highest BCUT2D eigenvalue weighted by Gasteiger charge is 2.25. The maximum atomic E-state index is 12.9. The van der Waals surface area contributed by atoms with Crippen molar-refractivity contribution >= 4 is 9.84 Å². The van der Waals surface area contributed by atoms with Gasteiger partial charge in [-0.05, 0) is 19.1 Å². The molecule has 24 heavy (non-hydrogen) atoms.